The van der Waals surface area contributed by atoms with Crippen LogP contribution in [0.2, 0.25) is 0 Å². The third-order valence-corrected chi connectivity index (χ3v) is 3.80. The topological polar surface area (TPSA) is 60.2 Å². The molecule has 118 valence electrons. The Hall–Kier alpha value is -1.43. The van der Waals surface area contributed by atoms with E-state index < -0.39 is 0 Å². The molecule has 0 radical (unpaired) electrons. The van der Waals surface area contributed by atoms with E-state index in [2.05, 4.69) is 15.2 Å². The van der Waals surface area contributed by atoms with E-state index in [1.54, 1.807) is 4.68 Å². The Balaban J connectivity index is 1.88. The van der Waals surface area contributed by atoms with Gasteiger partial charge in [-0.05, 0) is 38.8 Å². The van der Waals surface area contributed by atoms with E-state index in [9.17, 15) is 4.79 Å². The van der Waals surface area contributed by atoms with Crippen molar-refractivity contribution in [2.24, 2.45) is 5.92 Å². The molecule has 0 aromatic carbocycles. The smallest absolute Gasteiger partial charge is 0.360 e. The van der Waals surface area contributed by atoms with E-state index in [4.69, 9.17) is 4.74 Å². The minimum absolute atomic E-state index is 0.323. The second-order valence-corrected chi connectivity index (χ2v) is 6.14. The highest BCUT2D eigenvalue weighted by Crippen LogP contribution is 2.10. The van der Waals surface area contributed by atoms with Crippen LogP contribution in [-0.4, -0.2) is 52.1 Å². The molecule has 1 aromatic heterocycles. The van der Waals surface area contributed by atoms with Crippen LogP contribution < -0.4 is 0 Å². The average molecular weight is 294 g/mol. The van der Waals surface area contributed by atoms with Gasteiger partial charge in [0.05, 0.1) is 18.8 Å². The summed E-state index contributed by atoms with van der Waals surface area (Å²) in [5.74, 6) is -0.0474. The number of piperidine rings is 1. The van der Waals surface area contributed by atoms with E-state index in [0.29, 0.717) is 18.2 Å². The Kier molecular flexibility index (Phi) is 5.73. The van der Waals surface area contributed by atoms with Crippen LogP contribution in [0.4, 0.5) is 0 Å². The Bertz CT molecular complexity index is 464. The molecule has 6 nitrogen and oxygen atoms in total. The van der Waals surface area contributed by atoms with Crippen molar-refractivity contribution in [2.75, 3.05) is 26.2 Å². The van der Waals surface area contributed by atoms with Crippen LogP contribution in [0.25, 0.3) is 0 Å². The molecule has 6 heteroatoms. The molecule has 1 aliphatic heterocycles. The predicted octanol–water partition coefficient (Wildman–Crippen LogP) is 1.89. The molecule has 0 amide bonds. The van der Waals surface area contributed by atoms with Gasteiger partial charge in [-0.3, -0.25) is 0 Å². The first-order chi connectivity index (χ1) is 10.1. The van der Waals surface area contributed by atoms with E-state index in [-0.39, 0.29) is 5.97 Å². The second kappa shape index (κ2) is 7.54. The van der Waals surface area contributed by atoms with Gasteiger partial charge in [-0.15, -0.1) is 5.10 Å². The molecule has 21 heavy (non-hydrogen) atoms. The maximum absolute atomic E-state index is 11.9. The van der Waals surface area contributed by atoms with Crippen molar-refractivity contribution >= 4 is 5.97 Å². The molecule has 1 aromatic rings. The summed E-state index contributed by atoms with van der Waals surface area (Å²) in [5, 5.41) is 8.06. The monoisotopic (exact) mass is 294 g/mol. The number of hydrogen-bond donors (Lipinski definition) is 0. The number of carbonyl (C=O) groups is 1. The summed E-state index contributed by atoms with van der Waals surface area (Å²) in [6, 6.07) is 0. The molecule has 1 aliphatic rings. The first-order valence-electron chi connectivity index (χ1n) is 7.87. The van der Waals surface area contributed by atoms with Gasteiger partial charge in [0, 0.05) is 6.54 Å². The summed E-state index contributed by atoms with van der Waals surface area (Å²) in [6.07, 6.45) is 3.90. The van der Waals surface area contributed by atoms with Gasteiger partial charge in [-0.2, -0.15) is 0 Å². The maximum Gasteiger partial charge on any atom is 0.360 e. The fraction of sp³-hybridized carbons (Fsp3) is 0.800. The van der Waals surface area contributed by atoms with Gasteiger partial charge < -0.3 is 9.64 Å². The van der Waals surface area contributed by atoms with Crippen molar-refractivity contribution in [3.05, 3.63) is 11.4 Å². The zero-order valence-corrected chi connectivity index (χ0v) is 13.3. The fourth-order valence-electron chi connectivity index (χ4n) is 2.49. The minimum atomic E-state index is -0.370. The molecule has 0 aliphatic carbocycles. The van der Waals surface area contributed by atoms with Gasteiger partial charge >= 0.3 is 5.97 Å². The first-order valence-corrected chi connectivity index (χ1v) is 7.87. The molecule has 0 atom stereocenters. The number of rotatable bonds is 6. The van der Waals surface area contributed by atoms with Crippen LogP contribution in [0.1, 0.15) is 49.3 Å². The van der Waals surface area contributed by atoms with Gasteiger partial charge in [0.25, 0.3) is 0 Å². The van der Waals surface area contributed by atoms with E-state index in [1.807, 2.05) is 20.8 Å². The van der Waals surface area contributed by atoms with Crippen LogP contribution in [0.3, 0.4) is 0 Å². The number of hydrogen-bond acceptors (Lipinski definition) is 5. The van der Waals surface area contributed by atoms with E-state index in [1.165, 1.54) is 19.3 Å². The lowest BCUT2D eigenvalue weighted by atomic mass is 10.1. The molecule has 0 unspecified atom stereocenters. The van der Waals surface area contributed by atoms with Crippen LogP contribution in [-0.2, 0) is 11.3 Å². The predicted molar refractivity (Wildman–Crippen MR) is 80.2 cm³/mol. The first kappa shape index (κ1) is 15.9. The van der Waals surface area contributed by atoms with Crippen molar-refractivity contribution in [3.8, 4) is 0 Å². The highest BCUT2D eigenvalue weighted by atomic mass is 16.5. The number of nitrogens with zero attached hydrogens (tertiary/aromatic N) is 4. The van der Waals surface area contributed by atoms with Crippen molar-refractivity contribution in [2.45, 2.75) is 46.6 Å². The number of esters is 1. The summed E-state index contributed by atoms with van der Waals surface area (Å²) >= 11 is 0. The molecule has 0 N–H and O–H groups in total. The van der Waals surface area contributed by atoms with Crippen LogP contribution in [0.5, 0.6) is 0 Å². The Morgan fingerprint density at radius 3 is 2.62 bits per heavy atom. The van der Waals surface area contributed by atoms with Gasteiger partial charge in [-0.1, -0.05) is 25.5 Å². The highest BCUT2D eigenvalue weighted by molar-refractivity contribution is 5.88. The van der Waals surface area contributed by atoms with Crippen molar-refractivity contribution < 1.29 is 9.53 Å². The molecule has 2 heterocycles. The lowest BCUT2D eigenvalue weighted by Gasteiger charge is -2.26. The molecular weight excluding hydrogens is 268 g/mol. The Morgan fingerprint density at radius 2 is 1.95 bits per heavy atom. The van der Waals surface area contributed by atoms with Gasteiger partial charge in [0.1, 0.15) is 0 Å². The molecule has 0 bridgehead atoms. The zero-order valence-electron chi connectivity index (χ0n) is 13.3. The summed E-state index contributed by atoms with van der Waals surface area (Å²) in [7, 11) is 0. The molecule has 0 spiro atoms. The molecule has 2 rings (SSSR count). The fourth-order valence-corrected chi connectivity index (χ4v) is 2.49. The molecule has 0 saturated carbocycles. The molecular formula is C15H26N4O2. The lowest BCUT2D eigenvalue weighted by Crippen LogP contribution is -2.33. The zero-order chi connectivity index (χ0) is 15.2. The molecule has 1 saturated heterocycles. The van der Waals surface area contributed by atoms with Crippen molar-refractivity contribution in [1.29, 1.82) is 0 Å². The summed E-state index contributed by atoms with van der Waals surface area (Å²) in [5.41, 5.74) is 1.13. The average Bonchev–Trinajstić information content (AvgIpc) is 2.85. The van der Waals surface area contributed by atoms with Crippen LogP contribution in [0, 0.1) is 12.8 Å². The minimum Gasteiger partial charge on any atom is -0.461 e. The van der Waals surface area contributed by atoms with Crippen molar-refractivity contribution in [3.63, 3.8) is 0 Å². The Morgan fingerprint density at radius 1 is 1.24 bits per heavy atom. The number of ether oxygens (including phenoxy) is 1. The third-order valence-electron chi connectivity index (χ3n) is 3.80. The summed E-state index contributed by atoms with van der Waals surface area (Å²) in [4.78, 5) is 14.4. The Labute approximate surface area is 126 Å². The highest BCUT2D eigenvalue weighted by Gasteiger charge is 2.19. The maximum atomic E-state index is 11.9. The van der Waals surface area contributed by atoms with Gasteiger partial charge in [0.15, 0.2) is 5.69 Å². The van der Waals surface area contributed by atoms with Gasteiger partial charge in [-0.25, -0.2) is 9.48 Å². The summed E-state index contributed by atoms with van der Waals surface area (Å²) < 4.78 is 7.02. The van der Waals surface area contributed by atoms with Crippen molar-refractivity contribution in [1.82, 2.24) is 19.9 Å². The summed E-state index contributed by atoms with van der Waals surface area (Å²) in [6.45, 7) is 10.4. The normalized spacial score (nSPS) is 16.4. The largest absolute Gasteiger partial charge is 0.461 e. The van der Waals surface area contributed by atoms with E-state index >= 15 is 0 Å². The van der Waals surface area contributed by atoms with Crippen LogP contribution >= 0.6 is 0 Å². The number of carbonyl (C=O) groups excluding carboxylic acids is 1. The SMILES string of the molecule is Cc1c(C(=O)OCC(C)C)nnn1CCN1CCCCC1. The standard InChI is InChI=1S/C15H26N4O2/c1-12(2)11-21-15(20)14-13(3)19(17-16-14)10-9-18-7-5-4-6-8-18/h12H,4-11H2,1-3H3. The van der Waals surface area contributed by atoms with Gasteiger partial charge in [0.2, 0.25) is 0 Å². The quantitative estimate of drug-likeness (QED) is 0.750. The van der Waals surface area contributed by atoms with Crippen LogP contribution in [0.15, 0.2) is 0 Å². The third kappa shape index (κ3) is 4.52. The molecule has 1 fully saturated rings. The number of likely N-dealkylation sites (tertiary alicyclic amines) is 1. The second-order valence-electron chi connectivity index (χ2n) is 6.14. The lowest BCUT2D eigenvalue weighted by molar-refractivity contribution is 0.0451. The number of aromatic nitrogens is 3. The van der Waals surface area contributed by atoms with E-state index in [0.717, 1.165) is 31.9 Å².